The topological polar surface area (TPSA) is 58.9 Å². The summed E-state index contributed by atoms with van der Waals surface area (Å²) in [7, 11) is 3.45. The van der Waals surface area contributed by atoms with E-state index in [-0.39, 0.29) is 12.2 Å². The van der Waals surface area contributed by atoms with Crippen LogP contribution in [0.5, 0.6) is 23.0 Å². The van der Waals surface area contributed by atoms with Gasteiger partial charge in [-0.25, -0.2) is 0 Å². The van der Waals surface area contributed by atoms with Gasteiger partial charge in [-0.2, -0.15) is 0 Å². The van der Waals surface area contributed by atoms with E-state index < -0.39 is 0 Å². The van der Waals surface area contributed by atoms with E-state index in [9.17, 15) is 4.79 Å². The van der Waals surface area contributed by atoms with Crippen LogP contribution in [0.2, 0.25) is 0 Å². The summed E-state index contributed by atoms with van der Waals surface area (Å²) < 4.78 is 24.4. The molecular weight excluding hydrogens is 310 g/mol. The molecule has 1 aromatic heterocycles. The van der Waals surface area contributed by atoms with Crippen LogP contribution < -0.4 is 24.4 Å². The Morgan fingerprint density at radius 3 is 2.58 bits per heavy atom. The van der Waals surface area contributed by atoms with Gasteiger partial charge in [-0.3, -0.25) is 4.79 Å². The molecular formula is C18H17NO5. The second-order valence-corrected chi connectivity index (χ2v) is 5.49. The van der Waals surface area contributed by atoms with Gasteiger partial charge in [-0.05, 0) is 19.1 Å². The fraction of sp³-hybridized carbons (Fsp3) is 0.278. The highest BCUT2D eigenvalue weighted by atomic mass is 16.7. The molecule has 1 aliphatic heterocycles. The molecule has 1 aliphatic rings. The summed E-state index contributed by atoms with van der Waals surface area (Å²) in [6.45, 7) is 2.34. The van der Waals surface area contributed by atoms with E-state index in [0.717, 1.165) is 5.52 Å². The zero-order valence-corrected chi connectivity index (χ0v) is 13.7. The van der Waals surface area contributed by atoms with Crippen LogP contribution in [0.15, 0.2) is 29.1 Å². The smallest absolute Gasteiger partial charge is 0.231 e. The minimum Gasteiger partial charge on any atom is -0.491 e. The van der Waals surface area contributed by atoms with E-state index in [1.165, 1.54) is 0 Å². The van der Waals surface area contributed by atoms with Gasteiger partial charge >= 0.3 is 0 Å². The molecule has 0 N–H and O–H groups in total. The van der Waals surface area contributed by atoms with Crippen LogP contribution in [-0.2, 0) is 7.05 Å². The summed E-state index contributed by atoms with van der Waals surface area (Å²) in [5, 5.41) is 1.06. The van der Waals surface area contributed by atoms with Crippen molar-refractivity contribution in [1.82, 2.24) is 4.57 Å². The number of benzene rings is 2. The molecule has 0 radical (unpaired) electrons. The zero-order valence-electron chi connectivity index (χ0n) is 13.7. The van der Waals surface area contributed by atoms with Crippen LogP contribution >= 0.6 is 0 Å². The Kier molecular flexibility index (Phi) is 3.26. The molecule has 0 aliphatic carbocycles. The first-order valence-electron chi connectivity index (χ1n) is 7.72. The molecule has 6 heteroatoms. The van der Waals surface area contributed by atoms with Crippen molar-refractivity contribution >= 4 is 21.8 Å². The highest BCUT2D eigenvalue weighted by molar-refractivity contribution is 6.03. The third-order valence-corrected chi connectivity index (χ3v) is 4.27. The summed E-state index contributed by atoms with van der Waals surface area (Å²) >= 11 is 0. The molecule has 3 aromatic rings. The number of ether oxygens (including phenoxy) is 4. The van der Waals surface area contributed by atoms with Crippen molar-refractivity contribution < 1.29 is 18.9 Å². The van der Waals surface area contributed by atoms with E-state index >= 15 is 0 Å². The third-order valence-electron chi connectivity index (χ3n) is 4.27. The van der Waals surface area contributed by atoms with Gasteiger partial charge in [0.2, 0.25) is 23.7 Å². The average molecular weight is 327 g/mol. The van der Waals surface area contributed by atoms with Crippen molar-refractivity contribution in [3.8, 4) is 23.0 Å². The lowest BCUT2D eigenvalue weighted by Crippen LogP contribution is -2.12. The number of para-hydroxylation sites is 1. The first kappa shape index (κ1) is 14.7. The zero-order chi connectivity index (χ0) is 16.8. The molecule has 0 bridgehead atoms. The number of fused-ring (bicyclic) bond motifs is 3. The summed E-state index contributed by atoms with van der Waals surface area (Å²) in [6, 6.07) is 7.46. The Bertz CT molecular complexity index is 1020. The molecule has 4 rings (SSSR count). The number of aromatic nitrogens is 1. The number of methoxy groups -OCH3 is 1. The molecule has 6 nitrogen and oxygen atoms in total. The van der Waals surface area contributed by atoms with Crippen LogP contribution in [0, 0.1) is 0 Å². The molecule has 0 fully saturated rings. The molecule has 0 spiro atoms. The SMILES string of the molecule is CCOc1c2c(c(OC)c3c1c(=O)c1ccccc1n3C)OCO2. The molecule has 24 heavy (non-hydrogen) atoms. The standard InChI is InChI=1S/C18H17NO5/c1-4-22-15-12-13(16(21-3)18-17(15)23-9-24-18)19(2)11-8-6-5-7-10(11)14(12)20/h5-8H,4,9H2,1-3H3. The van der Waals surface area contributed by atoms with Crippen LogP contribution in [0.3, 0.4) is 0 Å². The maximum absolute atomic E-state index is 13.2. The first-order chi connectivity index (χ1) is 11.7. The number of hydrogen-bond acceptors (Lipinski definition) is 5. The Hall–Kier alpha value is -2.89. The summed E-state index contributed by atoms with van der Waals surface area (Å²) in [5.41, 5.74) is 1.34. The van der Waals surface area contributed by atoms with Gasteiger partial charge < -0.3 is 23.5 Å². The maximum Gasteiger partial charge on any atom is 0.231 e. The highest BCUT2D eigenvalue weighted by Crippen LogP contribution is 2.52. The average Bonchev–Trinajstić information content (AvgIpc) is 3.09. The largest absolute Gasteiger partial charge is 0.491 e. The third kappa shape index (κ3) is 1.79. The van der Waals surface area contributed by atoms with Crippen molar-refractivity contribution in [3.63, 3.8) is 0 Å². The van der Waals surface area contributed by atoms with E-state index in [0.29, 0.717) is 45.9 Å². The molecule has 0 atom stereocenters. The lowest BCUT2D eigenvalue weighted by atomic mass is 10.1. The normalized spacial score (nSPS) is 12.8. The van der Waals surface area contributed by atoms with Crippen LogP contribution in [0.25, 0.3) is 21.8 Å². The Morgan fingerprint density at radius 1 is 1.17 bits per heavy atom. The van der Waals surface area contributed by atoms with E-state index in [1.54, 1.807) is 7.11 Å². The molecule has 0 saturated carbocycles. The second-order valence-electron chi connectivity index (χ2n) is 5.49. The molecule has 124 valence electrons. The molecule has 0 unspecified atom stereocenters. The number of aryl methyl sites for hydroxylation is 1. The van der Waals surface area contributed by atoms with Gasteiger partial charge in [0.25, 0.3) is 0 Å². The number of rotatable bonds is 3. The lowest BCUT2D eigenvalue weighted by molar-refractivity contribution is 0.168. The van der Waals surface area contributed by atoms with Gasteiger partial charge in [0.1, 0.15) is 5.52 Å². The van der Waals surface area contributed by atoms with Crippen molar-refractivity contribution in [3.05, 3.63) is 34.5 Å². The minimum absolute atomic E-state index is 0.0690. The maximum atomic E-state index is 13.2. The quantitative estimate of drug-likeness (QED) is 0.692. The van der Waals surface area contributed by atoms with E-state index in [1.807, 2.05) is 42.8 Å². The summed E-state index contributed by atoms with van der Waals surface area (Å²) in [4.78, 5) is 13.2. The van der Waals surface area contributed by atoms with Gasteiger partial charge in [-0.15, -0.1) is 0 Å². The van der Waals surface area contributed by atoms with Crippen LogP contribution in [0.1, 0.15) is 6.92 Å². The van der Waals surface area contributed by atoms with E-state index in [2.05, 4.69) is 0 Å². The predicted octanol–water partition coefficient (Wildman–Crippen LogP) is 2.83. The van der Waals surface area contributed by atoms with Gasteiger partial charge in [-0.1, -0.05) is 12.1 Å². The van der Waals surface area contributed by atoms with Crippen molar-refractivity contribution in [2.45, 2.75) is 6.92 Å². The lowest BCUT2D eigenvalue weighted by Gasteiger charge is -2.18. The first-order valence-corrected chi connectivity index (χ1v) is 7.72. The number of hydrogen-bond donors (Lipinski definition) is 0. The fourth-order valence-corrected chi connectivity index (χ4v) is 3.27. The Labute approximate surface area is 138 Å². The van der Waals surface area contributed by atoms with Crippen LogP contribution in [-0.4, -0.2) is 25.1 Å². The monoisotopic (exact) mass is 327 g/mol. The van der Waals surface area contributed by atoms with Gasteiger partial charge in [0.15, 0.2) is 11.5 Å². The minimum atomic E-state index is -0.112. The number of pyridine rings is 1. The number of nitrogens with zero attached hydrogens (tertiary/aromatic N) is 1. The van der Waals surface area contributed by atoms with Crippen molar-refractivity contribution in [1.29, 1.82) is 0 Å². The molecule has 2 heterocycles. The summed E-state index contributed by atoms with van der Waals surface area (Å²) in [5.74, 6) is 1.78. The van der Waals surface area contributed by atoms with Gasteiger partial charge in [0.05, 0.1) is 24.6 Å². The fourth-order valence-electron chi connectivity index (χ4n) is 3.27. The molecule has 0 saturated heterocycles. The Morgan fingerprint density at radius 2 is 1.88 bits per heavy atom. The molecule has 0 amide bonds. The van der Waals surface area contributed by atoms with Gasteiger partial charge in [0, 0.05) is 12.4 Å². The molecule has 2 aromatic carbocycles. The van der Waals surface area contributed by atoms with Crippen molar-refractivity contribution in [2.75, 3.05) is 20.5 Å². The van der Waals surface area contributed by atoms with Crippen LogP contribution in [0.4, 0.5) is 0 Å². The van der Waals surface area contributed by atoms with Crippen molar-refractivity contribution in [2.24, 2.45) is 7.05 Å². The highest BCUT2D eigenvalue weighted by Gasteiger charge is 2.31. The summed E-state index contributed by atoms with van der Waals surface area (Å²) in [6.07, 6.45) is 0. The Balaban J connectivity index is 2.32. The second kappa shape index (κ2) is 5.33. The predicted molar refractivity (Wildman–Crippen MR) is 90.5 cm³/mol. The van der Waals surface area contributed by atoms with E-state index in [4.69, 9.17) is 18.9 Å².